The second-order valence-corrected chi connectivity index (χ2v) is 6.13. The van der Waals surface area contributed by atoms with E-state index < -0.39 is 0 Å². The third kappa shape index (κ3) is 5.68. The summed E-state index contributed by atoms with van der Waals surface area (Å²) >= 11 is 0. The van der Waals surface area contributed by atoms with E-state index in [1.807, 2.05) is 0 Å². The number of rotatable bonds is 11. The molecule has 1 heterocycles. The SMILES string of the molecule is CCCCCCC(CCCCCC)c1c(C)noc1C. The van der Waals surface area contributed by atoms with Gasteiger partial charge in [-0.15, -0.1) is 0 Å². The number of aryl methyl sites for hydroxylation is 2. The molecule has 0 saturated carbocycles. The molecule has 2 heteroatoms. The van der Waals surface area contributed by atoms with E-state index in [1.165, 1.54) is 69.8 Å². The molecule has 116 valence electrons. The number of hydrogen-bond acceptors (Lipinski definition) is 2. The van der Waals surface area contributed by atoms with Gasteiger partial charge in [0.25, 0.3) is 0 Å². The van der Waals surface area contributed by atoms with Crippen LogP contribution in [0.15, 0.2) is 4.52 Å². The van der Waals surface area contributed by atoms with Gasteiger partial charge in [-0.25, -0.2) is 0 Å². The molecule has 0 fully saturated rings. The standard InChI is InChI=1S/C18H33NO/c1-5-7-9-11-13-17(14-12-10-8-6-2)18-15(3)19-20-16(18)4/h17H,5-14H2,1-4H3. The van der Waals surface area contributed by atoms with Crippen molar-refractivity contribution >= 4 is 0 Å². The molecular weight excluding hydrogens is 246 g/mol. The van der Waals surface area contributed by atoms with Crippen LogP contribution < -0.4 is 0 Å². The predicted octanol–water partition coefficient (Wildman–Crippen LogP) is 6.32. The van der Waals surface area contributed by atoms with E-state index in [1.54, 1.807) is 0 Å². The average Bonchev–Trinajstić information content (AvgIpc) is 2.77. The van der Waals surface area contributed by atoms with E-state index in [2.05, 4.69) is 32.9 Å². The molecular formula is C18H33NO. The molecule has 0 amide bonds. The molecule has 0 aromatic carbocycles. The van der Waals surface area contributed by atoms with Gasteiger partial charge < -0.3 is 4.52 Å². The minimum atomic E-state index is 0.662. The Morgan fingerprint density at radius 3 is 1.80 bits per heavy atom. The fourth-order valence-electron chi connectivity index (χ4n) is 3.14. The van der Waals surface area contributed by atoms with Crippen molar-refractivity contribution in [1.29, 1.82) is 0 Å². The summed E-state index contributed by atoms with van der Waals surface area (Å²) in [6.45, 7) is 8.71. The normalized spacial score (nSPS) is 11.4. The smallest absolute Gasteiger partial charge is 0.137 e. The molecule has 0 aliphatic heterocycles. The zero-order valence-corrected chi connectivity index (χ0v) is 14.0. The molecule has 0 radical (unpaired) electrons. The summed E-state index contributed by atoms with van der Waals surface area (Å²) in [5.41, 5.74) is 2.51. The van der Waals surface area contributed by atoms with Crippen LogP contribution >= 0.6 is 0 Å². The Hall–Kier alpha value is -0.790. The molecule has 0 unspecified atom stereocenters. The first-order chi connectivity index (χ1) is 9.70. The van der Waals surface area contributed by atoms with Gasteiger partial charge in [-0.05, 0) is 32.6 Å². The number of aromatic nitrogens is 1. The lowest BCUT2D eigenvalue weighted by Gasteiger charge is -2.17. The van der Waals surface area contributed by atoms with E-state index >= 15 is 0 Å². The van der Waals surface area contributed by atoms with Crippen molar-refractivity contribution in [1.82, 2.24) is 5.16 Å². The van der Waals surface area contributed by atoms with Crippen molar-refractivity contribution in [2.75, 3.05) is 0 Å². The van der Waals surface area contributed by atoms with Crippen LogP contribution in [0.5, 0.6) is 0 Å². The molecule has 1 aromatic rings. The molecule has 0 N–H and O–H groups in total. The maximum atomic E-state index is 5.38. The molecule has 1 aromatic heterocycles. The maximum Gasteiger partial charge on any atom is 0.137 e. The minimum Gasteiger partial charge on any atom is -0.361 e. The van der Waals surface area contributed by atoms with Crippen molar-refractivity contribution in [3.63, 3.8) is 0 Å². The summed E-state index contributed by atoms with van der Waals surface area (Å²) in [5, 5.41) is 4.15. The number of nitrogens with zero attached hydrogens (tertiary/aromatic N) is 1. The fraction of sp³-hybridized carbons (Fsp3) is 0.833. The van der Waals surface area contributed by atoms with Crippen LogP contribution in [0.25, 0.3) is 0 Å². The van der Waals surface area contributed by atoms with Crippen LogP contribution in [-0.2, 0) is 0 Å². The quantitative estimate of drug-likeness (QED) is 0.443. The number of unbranched alkanes of at least 4 members (excludes halogenated alkanes) is 6. The molecule has 0 bridgehead atoms. The fourth-order valence-corrected chi connectivity index (χ4v) is 3.14. The van der Waals surface area contributed by atoms with E-state index in [4.69, 9.17) is 4.52 Å². The van der Waals surface area contributed by atoms with Gasteiger partial charge in [0, 0.05) is 5.56 Å². The van der Waals surface area contributed by atoms with Crippen molar-refractivity contribution in [3.8, 4) is 0 Å². The molecule has 20 heavy (non-hydrogen) atoms. The summed E-state index contributed by atoms with van der Waals surface area (Å²) in [7, 11) is 0. The Morgan fingerprint density at radius 1 is 0.850 bits per heavy atom. The van der Waals surface area contributed by atoms with Crippen LogP contribution in [0.2, 0.25) is 0 Å². The highest BCUT2D eigenvalue weighted by Gasteiger charge is 2.19. The lowest BCUT2D eigenvalue weighted by atomic mass is 9.87. The average molecular weight is 279 g/mol. The Morgan fingerprint density at radius 2 is 1.40 bits per heavy atom. The van der Waals surface area contributed by atoms with Gasteiger partial charge in [0.1, 0.15) is 5.76 Å². The third-order valence-electron chi connectivity index (χ3n) is 4.31. The molecule has 0 aliphatic rings. The van der Waals surface area contributed by atoms with Crippen LogP contribution in [-0.4, -0.2) is 5.16 Å². The van der Waals surface area contributed by atoms with Crippen molar-refractivity contribution in [2.45, 2.75) is 97.8 Å². The molecule has 0 spiro atoms. The first-order valence-corrected chi connectivity index (χ1v) is 8.63. The van der Waals surface area contributed by atoms with E-state index in [0.29, 0.717) is 5.92 Å². The van der Waals surface area contributed by atoms with Gasteiger partial charge in [0.15, 0.2) is 0 Å². The van der Waals surface area contributed by atoms with Gasteiger partial charge in [0.05, 0.1) is 5.69 Å². The molecule has 0 aliphatic carbocycles. The second-order valence-electron chi connectivity index (χ2n) is 6.13. The molecule has 0 saturated heterocycles. The Kier molecular flexibility index (Phi) is 8.64. The highest BCUT2D eigenvalue weighted by atomic mass is 16.5. The van der Waals surface area contributed by atoms with Crippen LogP contribution in [0, 0.1) is 13.8 Å². The monoisotopic (exact) mass is 279 g/mol. The van der Waals surface area contributed by atoms with Gasteiger partial charge in [-0.3, -0.25) is 0 Å². The van der Waals surface area contributed by atoms with Gasteiger partial charge in [0.2, 0.25) is 0 Å². The highest BCUT2D eigenvalue weighted by Crippen LogP contribution is 2.32. The first-order valence-electron chi connectivity index (χ1n) is 8.63. The molecule has 1 rings (SSSR count). The molecule has 0 atom stereocenters. The van der Waals surface area contributed by atoms with E-state index in [9.17, 15) is 0 Å². The predicted molar refractivity (Wildman–Crippen MR) is 86.2 cm³/mol. The van der Waals surface area contributed by atoms with Gasteiger partial charge in [-0.2, -0.15) is 0 Å². The van der Waals surface area contributed by atoms with Crippen LogP contribution in [0.1, 0.15) is 101 Å². The molecule has 2 nitrogen and oxygen atoms in total. The number of hydrogen-bond donors (Lipinski definition) is 0. The van der Waals surface area contributed by atoms with Crippen molar-refractivity contribution < 1.29 is 4.52 Å². The van der Waals surface area contributed by atoms with Gasteiger partial charge >= 0.3 is 0 Å². The lowest BCUT2D eigenvalue weighted by Crippen LogP contribution is -2.02. The summed E-state index contributed by atoms with van der Waals surface area (Å²) in [4.78, 5) is 0. The first kappa shape index (κ1) is 17.3. The zero-order chi connectivity index (χ0) is 14.8. The highest BCUT2D eigenvalue weighted by molar-refractivity contribution is 5.25. The Bertz CT molecular complexity index is 325. The Balaban J connectivity index is 2.54. The minimum absolute atomic E-state index is 0.662. The van der Waals surface area contributed by atoms with E-state index in [0.717, 1.165) is 11.5 Å². The zero-order valence-electron chi connectivity index (χ0n) is 14.0. The second kappa shape index (κ2) is 10.0. The van der Waals surface area contributed by atoms with Crippen molar-refractivity contribution in [3.05, 3.63) is 17.0 Å². The summed E-state index contributed by atoms with van der Waals surface area (Å²) in [6, 6.07) is 0. The van der Waals surface area contributed by atoms with Gasteiger partial charge in [-0.1, -0.05) is 70.4 Å². The van der Waals surface area contributed by atoms with Crippen LogP contribution in [0.3, 0.4) is 0 Å². The van der Waals surface area contributed by atoms with Crippen molar-refractivity contribution in [2.24, 2.45) is 0 Å². The summed E-state index contributed by atoms with van der Waals surface area (Å²) < 4.78 is 5.38. The third-order valence-corrected chi connectivity index (χ3v) is 4.31. The summed E-state index contributed by atoms with van der Waals surface area (Å²) in [5.74, 6) is 1.70. The topological polar surface area (TPSA) is 26.0 Å². The van der Waals surface area contributed by atoms with E-state index in [-0.39, 0.29) is 0 Å². The lowest BCUT2D eigenvalue weighted by molar-refractivity contribution is 0.389. The van der Waals surface area contributed by atoms with Crippen LogP contribution in [0.4, 0.5) is 0 Å². The largest absolute Gasteiger partial charge is 0.361 e. The maximum absolute atomic E-state index is 5.38. The summed E-state index contributed by atoms with van der Waals surface area (Å²) in [6.07, 6.45) is 13.4. The Labute approximate surface area is 125 Å².